The molecule has 4 rings (SSSR count). The van der Waals surface area contributed by atoms with E-state index in [4.69, 9.17) is 0 Å². The standard InChI is InChI=1S/4C5H5.Ti/c4*1-2-4-5-3-1;/h4*1-5H;/q;;;;+4. The normalized spacial score (nSPS) is 22.9. The third-order valence-electron chi connectivity index (χ3n) is 2.22. The van der Waals surface area contributed by atoms with Gasteiger partial charge in [0, 0.05) is 0 Å². The average Bonchev–Trinajstić information content (AvgIpc) is 3.40. The van der Waals surface area contributed by atoms with Crippen molar-refractivity contribution < 1.29 is 21.7 Å². The van der Waals surface area contributed by atoms with Gasteiger partial charge in [-0.3, -0.25) is 0 Å². The van der Waals surface area contributed by atoms with E-state index in [0.717, 1.165) is 0 Å². The summed E-state index contributed by atoms with van der Waals surface area (Å²) in [7, 11) is 0. The summed E-state index contributed by atoms with van der Waals surface area (Å²) in [6, 6.07) is 0. The molecule has 0 heterocycles. The molecule has 0 atom stereocenters. The number of rotatable bonds is 0. The Hall–Kier alpha value is 0.714. The van der Waals surface area contributed by atoms with Crippen LogP contribution in [0.5, 0.6) is 0 Å². The molecular formula is C20H20Ti+4. The van der Waals surface area contributed by atoms with Crippen LogP contribution in [0.1, 0.15) is 0 Å². The van der Waals surface area contributed by atoms with Gasteiger partial charge in [-0.15, -0.1) is 0 Å². The first-order valence-electron chi connectivity index (χ1n) is 6.67. The summed E-state index contributed by atoms with van der Waals surface area (Å²) in [4.78, 5) is 0. The van der Waals surface area contributed by atoms with Crippen molar-refractivity contribution in [2.24, 2.45) is 0 Å². The van der Waals surface area contributed by atoms with Crippen molar-refractivity contribution >= 4 is 0 Å². The Bertz CT molecular complexity index is 92.2. The molecule has 0 N–H and O–H groups in total. The van der Waals surface area contributed by atoms with Gasteiger partial charge in [0.25, 0.3) is 0 Å². The molecule has 0 amide bonds. The number of hydrogen-bond acceptors (Lipinski definition) is 0. The van der Waals surface area contributed by atoms with Gasteiger partial charge in [-0.05, 0) is 128 Å². The fourth-order valence-corrected chi connectivity index (χ4v) is 1.28. The van der Waals surface area contributed by atoms with Gasteiger partial charge in [0.05, 0.1) is 0 Å². The van der Waals surface area contributed by atoms with Crippen molar-refractivity contribution in [3.63, 3.8) is 0 Å². The summed E-state index contributed by atoms with van der Waals surface area (Å²) in [6.45, 7) is 0. The molecule has 0 bridgehead atoms. The molecule has 0 unspecified atom stereocenters. The predicted octanol–water partition coefficient (Wildman–Crippen LogP) is 4.08. The van der Waals surface area contributed by atoms with Crippen LogP contribution >= 0.6 is 0 Å². The minimum atomic E-state index is 0. The fourth-order valence-electron chi connectivity index (χ4n) is 1.28. The van der Waals surface area contributed by atoms with Crippen molar-refractivity contribution in [3.05, 3.63) is 128 Å². The molecule has 4 fully saturated rings. The molecule has 0 aromatic heterocycles. The molecule has 20 radical (unpaired) electrons. The first-order chi connectivity index (χ1) is 10.0. The Morgan fingerprint density at radius 3 is 0.238 bits per heavy atom. The molecule has 0 saturated heterocycles. The Kier molecular flexibility index (Phi) is 19.4. The Labute approximate surface area is 150 Å². The van der Waals surface area contributed by atoms with Crippen LogP contribution in [0.25, 0.3) is 0 Å². The third-order valence-corrected chi connectivity index (χ3v) is 2.22. The van der Waals surface area contributed by atoms with Crippen LogP contribution in [-0.2, 0) is 21.7 Å². The van der Waals surface area contributed by atoms with Gasteiger partial charge in [-0.25, -0.2) is 0 Å². The van der Waals surface area contributed by atoms with E-state index in [2.05, 4.69) is 0 Å². The molecule has 0 aliphatic heterocycles. The van der Waals surface area contributed by atoms with Gasteiger partial charge in [0.2, 0.25) is 0 Å². The second-order valence-corrected chi connectivity index (χ2v) is 3.85. The van der Waals surface area contributed by atoms with Crippen LogP contribution in [0.2, 0.25) is 0 Å². The minimum absolute atomic E-state index is 0. The third kappa shape index (κ3) is 16.9. The van der Waals surface area contributed by atoms with Crippen LogP contribution in [0.4, 0.5) is 0 Å². The van der Waals surface area contributed by atoms with Crippen molar-refractivity contribution in [1.82, 2.24) is 0 Å². The average molecular weight is 308 g/mol. The van der Waals surface area contributed by atoms with E-state index in [1.165, 1.54) is 0 Å². The SMILES string of the molecule is [CH]1[CH][CH][CH][CH]1.[CH]1[CH][CH][CH][CH]1.[CH]1[CH][CH][CH][CH]1.[CH]1[CH][CH][CH][CH]1.[Ti+4]. The molecule has 4 aliphatic rings. The summed E-state index contributed by atoms with van der Waals surface area (Å²) >= 11 is 0. The van der Waals surface area contributed by atoms with Crippen LogP contribution in [0.3, 0.4) is 0 Å². The molecule has 1 heteroatoms. The molecule has 0 aromatic rings. The van der Waals surface area contributed by atoms with Crippen molar-refractivity contribution in [3.8, 4) is 0 Å². The summed E-state index contributed by atoms with van der Waals surface area (Å²) in [6.07, 6.45) is 40.0. The van der Waals surface area contributed by atoms with Crippen molar-refractivity contribution in [1.29, 1.82) is 0 Å². The van der Waals surface area contributed by atoms with E-state index in [-0.39, 0.29) is 21.7 Å². The molecule has 4 aliphatic carbocycles. The zero-order chi connectivity index (χ0) is 14.1. The van der Waals surface area contributed by atoms with Gasteiger partial charge in [0.1, 0.15) is 0 Å². The van der Waals surface area contributed by atoms with E-state index in [1.54, 1.807) is 0 Å². The minimum Gasteiger partial charge on any atom is -0.0312 e. The van der Waals surface area contributed by atoms with Crippen LogP contribution in [0.15, 0.2) is 0 Å². The zero-order valence-electron chi connectivity index (χ0n) is 12.0. The van der Waals surface area contributed by atoms with Crippen molar-refractivity contribution in [2.75, 3.05) is 0 Å². The molecule has 0 spiro atoms. The smallest absolute Gasteiger partial charge is 0.0312 e. The second kappa shape index (κ2) is 18.8. The van der Waals surface area contributed by atoms with Gasteiger partial charge in [0.15, 0.2) is 0 Å². The Balaban J connectivity index is 0.000000250. The summed E-state index contributed by atoms with van der Waals surface area (Å²) in [5.74, 6) is 0. The first-order valence-corrected chi connectivity index (χ1v) is 6.67. The quantitative estimate of drug-likeness (QED) is 0.592. The van der Waals surface area contributed by atoms with E-state index >= 15 is 0 Å². The van der Waals surface area contributed by atoms with Gasteiger partial charge in [-0.1, -0.05) is 0 Å². The summed E-state index contributed by atoms with van der Waals surface area (Å²) in [5.41, 5.74) is 0. The van der Waals surface area contributed by atoms with E-state index in [9.17, 15) is 0 Å². The maximum atomic E-state index is 2.00. The summed E-state index contributed by atoms with van der Waals surface area (Å²) < 4.78 is 0. The Morgan fingerprint density at radius 2 is 0.190 bits per heavy atom. The molecule has 21 heavy (non-hydrogen) atoms. The monoisotopic (exact) mass is 308 g/mol. The van der Waals surface area contributed by atoms with Crippen molar-refractivity contribution in [2.45, 2.75) is 0 Å². The topological polar surface area (TPSA) is 0 Å². The van der Waals surface area contributed by atoms with Crippen LogP contribution in [-0.4, -0.2) is 0 Å². The van der Waals surface area contributed by atoms with E-state index < -0.39 is 0 Å². The maximum absolute atomic E-state index is 2.00. The van der Waals surface area contributed by atoms with Gasteiger partial charge in [-0.2, -0.15) is 0 Å². The predicted molar refractivity (Wildman–Crippen MR) is 86.0 cm³/mol. The first kappa shape index (κ1) is 21.7. The zero-order valence-corrected chi connectivity index (χ0v) is 13.6. The van der Waals surface area contributed by atoms with E-state index in [1.807, 2.05) is 128 Å². The number of hydrogen-bond donors (Lipinski definition) is 0. The van der Waals surface area contributed by atoms with Gasteiger partial charge < -0.3 is 0 Å². The molecule has 100 valence electrons. The largest absolute Gasteiger partial charge is 4.00 e. The van der Waals surface area contributed by atoms with Crippen LogP contribution in [0, 0.1) is 128 Å². The second-order valence-electron chi connectivity index (χ2n) is 3.85. The molecule has 0 aromatic carbocycles. The molecule has 4 saturated carbocycles. The van der Waals surface area contributed by atoms with Crippen LogP contribution < -0.4 is 0 Å². The molecular weight excluding hydrogens is 288 g/mol. The maximum Gasteiger partial charge on any atom is 4.00 e. The molecule has 0 nitrogen and oxygen atoms in total. The Morgan fingerprint density at radius 1 is 0.143 bits per heavy atom. The fraction of sp³-hybridized carbons (Fsp3) is 0. The van der Waals surface area contributed by atoms with E-state index in [0.29, 0.717) is 0 Å². The summed E-state index contributed by atoms with van der Waals surface area (Å²) in [5, 5.41) is 0. The van der Waals surface area contributed by atoms with Gasteiger partial charge >= 0.3 is 21.7 Å².